The molecule has 0 aromatic heterocycles. The number of allylic oxidation sites excluding steroid dienone is 10. The molecule has 0 saturated carbocycles. The molecule has 0 radical (unpaired) electrons. The predicted octanol–water partition coefficient (Wildman–Crippen LogP) is 13.5. The van der Waals surface area contributed by atoms with E-state index >= 15 is 0 Å². The third-order valence-corrected chi connectivity index (χ3v) is 11.2. The second-order valence-corrected chi connectivity index (χ2v) is 17.7. The van der Waals surface area contributed by atoms with Crippen LogP contribution in [0.25, 0.3) is 0 Å². The zero-order valence-corrected chi connectivity index (χ0v) is 39.8. The van der Waals surface area contributed by atoms with Crippen molar-refractivity contribution in [3.63, 3.8) is 0 Å². The van der Waals surface area contributed by atoms with Crippen LogP contribution in [0.15, 0.2) is 60.8 Å². The molecule has 1 unspecified atom stereocenters. The number of carbonyl (C=O) groups is 3. The standard InChI is InChI=1S/C50H88NO10P/c1-3-5-7-9-11-13-15-17-19-21-22-23-24-26-27-29-31-33-35-37-39-41-48(52)58-43-46(44-59-62(56,57)60-45-47(51)50(54)55)61-49(53)42-40-38-36-34-32-30-28-25-20-18-16-14-12-10-8-6-4-2/h12,14,17-20,28,30,34,36,46-47H,3-11,13,15-16,21-27,29,31-33,35,37-45,51H2,1-2H3,(H,54,55)(H,56,57)/b14-12-,19-17-,20-18-,30-28-,36-34-/t46-,47+/m1/s1. The average molecular weight is 894 g/mol. The second-order valence-electron chi connectivity index (χ2n) is 16.2. The summed E-state index contributed by atoms with van der Waals surface area (Å²) in [5.74, 6) is -2.45. The van der Waals surface area contributed by atoms with Crippen molar-refractivity contribution >= 4 is 25.7 Å². The highest BCUT2D eigenvalue weighted by atomic mass is 31.2. The third-order valence-electron chi connectivity index (χ3n) is 10.2. The number of carboxylic acid groups (broad SMARTS) is 1. The van der Waals surface area contributed by atoms with Crippen LogP contribution in [0.1, 0.15) is 206 Å². The molecule has 4 N–H and O–H groups in total. The van der Waals surface area contributed by atoms with Crippen molar-refractivity contribution in [3.05, 3.63) is 60.8 Å². The summed E-state index contributed by atoms with van der Waals surface area (Å²) in [4.78, 5) is 46.1. The number of phosphoric ester groups is 1. The number of ether oxygens (including phenoxy) is 2. The maximum atomic E-state index is 12.6. The predicted molar refractivity (Wildman–Crippen MR) is 254 cm³/mol. The Kier molecular flexibility index (Phi) is 42.7. The van der Waals surface area contributed by atoms with Gasteiger partial charge in [-0.15, -0.1) is 0 Å². The zero-order valence-electron chi connectivity index (χ0n) is 38.9. The molecule has 11 nitrogen and oxygen atoms in total. The van der Waals surface area contributed by atoms with Crippen molar-refractivity contribution in [2.45, 2.75) is 219 Å². The van der Waals surface area contributed by atoms with Gasteiger partial charge in [-0.25, -0.2) is 4.57 Å². The average Bonchev–Trinajstić information content (AvgIpc) is 3.25. The molecule has 0 bridgehead atoms. The Labute approximate surface area is 377 Å². The Morgan fingerprint density at radius 3 is 1.37 bits per heavy atom. The molecule has 358 valence electrons. The number of phosphoric acid groups is 1. The smallest absolute Gasteiger partial charge is 0.472 e. The highest BCUT2D eigenvalue weighted by Gasteiger charge is 2.28. The Hall–Kier alpha value is -2.82. The molecule has 0 fully saturated rings. The molecular weight excluding hydrogens is 806 g/mol. The molecule has 0 aliphatic rings. The first-order chi connectivity index (χ1) is 30.1. The van der Waals surface area contributed by atoms with Crippen molar-refractivity contribution in [1.29, 1.82) is 0 Å². The molecule has 0 spiro atoms. The van der Waals surface area contributed by atoms with E-state index in [1.54, 1.807) is 0 Å². The molecule has 62 heavy (non-hydrogen) atoms. The van der Waals surface area contributed by atoms with Gasteiger partial charge in [0.1, 0.15) is 12.6 Å². The van der Waals surface area contributed by atoms with E-state index in [-0.39, 0.29) is 19.4 Å². The number of unbranched alkanes of at least 4 members (excludes halogenated alkanes) is 21. The lowest BCUT2D eigenvalue weighted by Crippen LogP contribution is -2.34. The number of esters is 2. The van der Waals surface area contributed by atoms with Crippen molar-refractivity contribution in [2.24, 2.45) is 5.73 Å². The minimum atomic E-state index is -4.74. The highest BCUT2D eigenvalue weighted by Crippen LogP contribution is 2.43. The van der Waals surface area contributed by atoms with Gasteiger partial charge in [-0.2, -0.15) is 0 Å². The molecule has 0 aliphatic carbocycles. The van der Waals surface area contributed by atoms with Gasteiger partial charge >= 0.3 is 25.7 Å². The van der Waals surface area contributed by atoms with Crippen molar-refractivity contribution in [2.75, 3.05) is 19.8 Å². The lowest BCUT2D eigenvalue weighted by molar-refractivity contribution is -0.161. The summed E-state index contributed by atoms with van der Waals surface area (Å²) in [5, 5.41) is 8.91. The highest BCUT2D eigenvalue weighted by molar-refractivity contribution is 7.47. The molecule has 0 amide bonds. The molecule has 0 aromatic carbocycles. The summed E-state index contributed by atoms with van der Waals surface area (Å²) in [7, 11) is -4.74. The van der Waals surface area contributed by atoms with Gasteiger partial charge < -0.3 is 25.2 Å². The number of carbonyl (C=O) groups excluding carboxylic acids is 2. The van der Waals surface area contributed by atoms with Gasteiger partial charge in [0.2, 0.25) is 0 Å². The number of aliphatic carboxylic acids is 1. The van der Waals surface area contributed by atoms with Crippen LogP contribution in [0.3, 0.4) is 0 Å². The number of rotatable bonds is 45. The fourth-order valence-corrected chi connectivity index (χ4v) is 7.18. The minimum absolute atomic E-state index is 0.0838. The number of hydrogen-bond acceptors (Lipinski definition) is 9. The monoisotopic (exact) mass is 894 g/mol. The van der Waals surface area contributed by atoms with Crippen LogP contribution >= 0.6 is 7.82 Å². The third kappa shape index (κ3) is 43.8. The minimum Gasteiger partial charge on any atom is -0.480 e. The Balaban J connectivity index is 4.34. The van der Waals surface area contributed by atoms with Crippen LogP contribution < -0.4 is 5.73 Å². The number of carboxylic acids is 1. The normalized spacial score (nSPS) is 14.1. The number of nitrogens with two attached hydrogens (primary N) is 1. The number of hydrogen-bond donors (Lipinski definition) is 3. The first kappa shape index (κ1) is 59.2. The van der Waals surface area contributed by atoms with Crippen LogP contribution in [-0.2, 0) is 37.5 Å². The summed E-state index contributed by atoms with van der Waals surface area (Å²) >= 11 is 0. The van der Waals surface area contributed by atoms with E-state index in [1.165, 1.54) is 116 Å². The van der Waals surface area contributed by atoms with Crippen molar-refractivity contribution in [3.8, 4) is 0 Å². The van der Waals surface area contributed by atoms with Gasteiger partial charge in [-0.05, 0) is 77.0 Å². The summed E-state index contributed by atoms with van der Waals surface area (Å²) in [6.07, 6.45) is 52.9. The van der Waals surface area contributed by atoms with Gasteiger partial charge in [0.05, 0.1) is 13.2 Å². The first-order valence-corrected chi connectivity index (χ1v) is 25.8. The Morgan fingerprint density at radius 2 is 0.871 bits per heavy atom. The lowest BCUT2D eigenvalue weighted by Gasteiger charge is -2.20. The largest absolute Gasteiger partial charge is 0.480 e. The Bertz CT molecular complexity index is 1280. The van der Waals surface area contributed by atoms with Gasteiger partial charge in [0.25, 0.3) is 0 Å². The quantitative estimate of drug-likeness (QED) is 0.0230. The molecule has 3 atom stereocenters. The SMILES string of the molecule is CCCCC/C=C\C/C=C\C/C=C\C/C=C\CCCC(=O)O[C@H](COC(=O)CCCCCCCCCCCCC/C=C\CCCCCCCC)COP(=O)(O)OC[C@H](N)C(=O)O. The first-order valence-electron chi connectivity index (χ1n) is 24.3. The van der Waals surface area contributed by atoms with E-state index in [1.807, 2.05) is 12.2 Å². The van der Waals surface area contributed by atoms with Crippen LogP contribution in [0.4, 0.5) is 0 Å². The van der Waals surface area contributed by atoms with E-state index < -0.39 is 51.1 Å². The van der Waals surface area contributed by atoms with Crippen LogP contribution in [0.2, 0.25) is 0 Å². The summed E-state index contributed by atoms with van der Waals surface area (Å²) < 4.78 is 32.7. The maximum absolute atomic E-state index is 12.6. The zero-order chi connectivity index (χ0) is 45.6. The fourth-order valence-electron chi connectivity index (χ4n) is 6.41. The lowest BCUT2D eigenvalue weighted by atomic mass is 10.0. The van der Waals surface area contributed by atoms with E-state index in [0.29, 0.717) is 19.3 Å². The van der Waals surface area contributed by atoms with E-state index in [4.69, 9.17) is 24.8 Å². The molecule has 12 heteroatoms. The van der Waals surface area contributed by atoms with Crippen LogP contribution in [0, 0.1) is 0 Å². The summed E-state index contributed by atoms with van der Waals surface area (Å²) in [5.41, 5.74) is 5.34. The molecule has 0 rings (SSSR count). The van der Waals surface area contributed by atoms with Gasteiger partial charge in [-0.3, -0.25) is 23.4 Å². The molecular formula is C50H88NO10P. The maximum Gasteiger partial charge on any atom is 0.472 e. The van der Waals surface area contributed by atoms with Gasteiger partial charge in [0, 0.05) is 12.8 Å². The van der Waals surface area contributed by atoms with Gasteiger partial charge in [-0.1, -0.05) is 177 Å². The van der Waals surface area contributed by atoms with E-state index in [2.05, 4.69) is 67.0 Å². The van der Waals surface area contributed by atoms with Gasteiger partial charge in [0.15, 0.2) is 6.10 Å². The summed E-state index contributed by atoms with van der Waals surface area (Å²) in [6.45, 7) is 2.73. The van der Waals surface area contributed by atoms with Crippen LogP contribution in [-0.4, -0.2) is 59.9 Å². The second kappa shape index (κ2) is 44.8. The molecule has 0 aromatic rings. The van der Waals surface area contributed by atoms with E-state index in [9.17, 15) is 23.8 Å². The molecule has 0 heterocycles. The topological polar surface area (TPSA) is 172 Å². The summed E-state index contributed by atoms with van der Waals surface area (Å²) in [6, 6.07) is -1.53. The fraction of sp³-hybridized carbons (Fsp3) is 0.740. The van der Waals surface area contributed by atoms with Crippen molar-refractivity contribution < 1.29 is 47.5 Å². The molecule has 0 saturated heterocycles. The van der Waals surface area contributed by atoms with E-state index in [0.717, 1.165) is 44.9 Å². The van der Waals surface area contributed by atoms with Crippen molar-refractivity contribution in [1.82, 2.24) is 0 Å². The Morgan fingerprint density at radius 1 is 0.500 bits per heavy atom. The molecule has 0 aliphatic heterocycles. The van der Waals surface area contributed by atoms with Crippen LogP contribution in [0.5, 0.6) is 0 Å².